The number of benzene rings is 2. The SMILES string of the molecule is CCS(=O)(=O)c1cccc(Cc2ncc(C)c(C3=CCc4c(CC(=O)[C@@H](C)N5CCN(C)CC5)cccc43)n2)c1F. The summed E-state index contributed by atoms with van der Waals surface area (Å²) in [5.41, 5.74) is 6.11. The number of carbonyl (C=O) groups is 1. The van der Waals surface area contributed by atoms with Gasteiger partial charge in [-0.1, -0.05) is 43.3 Å². The molecule has 2 heterocycles. The molecule has 2 aromatic carbocycles. The summed E-state index contributed by atoms with van der Waals surface area (Å²) in [6.07, 6.45) is 5.04. The maximum absolute atomic E-state index is 15.2. The summed E-state index contributed by atoms with van der Waals surface area (Å²) in [7, 11) is -1.57. The monoisotopic (exact) mass is 576 g/mol. The van der Waals surface area contributed by atoms with Crippen LogP contribution in [0.3, 0.4) is 0 Å². The highest BCUT2D eigenvalue weighted by Gasteiger charge is 2.27. The molecule has 1 aliphatic carbocycles. The quantitative estimate of drug-likeness (QED) is 0.380. The van der Waals surface area contributed by atoms with Gasteiger partial charge in [-0.15, -0.1) is 0 Å². The lowest BCUT2D eigenvalue weighted by Gasteiger charge is -2.35. The fraction of sp³-hybridized carbons (Fsp3) is 0.406. The van der Waals surface area contributed by atoms with E-state index in [-0.39, 0.29) is 34.5 Å². The van der Waals surface area contributed by atoms with Gasteiger partial charge in [0, 0.05) is 50.8 Å². The van der Waals surface area contributed by atoms with Gasteiger partial charge in [0.2, 0.25) is 0 Å². The molecule has 0 N–H and O–H groups in total. The molecule has 1 aromatic heterocycles. The number of likely N-dealkylation sites (N-methyl/N-ethyl adjacent to an activating group) is 1. The number of ketones is 1. The molecular formula is C32H37FN4O3S. The molecule has 2 aliphatic rings. The van der Waals surface area contributed by atoms with Crippen LogP contribution in [0, 0.1) is 12.7 Å². The van der Waals surface area contributed by atoms with Crippen molar-refractivity contribution < 1.29 is 17.6 Å². The Labute approximate surface area is 242 Å². The van der Waals surface area contributed by atoms with E-state index < -0.39 is 15.7 Å². The number of sulfone groups is 1. The Balaban J connectivity index is 1.38. The first kappa shape index (κ1) is 29.2. The highest BCUT2D eigenvalue weighted by Crippen LogP contribution is 2.35. The van der Waals surface area contributed by atoms with Gasteiger partial charge in [-0.25, -0.2) is 22.8 Å². The van der Waals surface area contributed by atoms with Crippen LogP contribution < -0.4 is 0 Å². The molecule has 216 valence electrons. The maximum Gasteiger partial charge on any atom is 0.181 e. The standard InChI is InChI=1S/C32H37FN4O3S/c1-5-41(39,40)29-11-7-9-24(31(29)33)19-30-34-20-21(2)32(35-30)27-13-12-25-23(8-6-10-26(25)27)18-28(38)22(3)37-16-14-36(4)15-17-37/h6-11,13,20,22H,5,12,14-19H2,1-4H3/t22-/m1/s1. The molecule has 0 amide bonds. The van der Waals surface area contributed by atoms with Crippen molar-refractivity contribution in [3.05, 3.63) is 93.8 Å². The highest BCUT2D eigenvalue weighted by molar-refractivity contribution is 7.91. The zero-order valence-corrected chi connectivity index (χ0v) is 25.0. The smallest absolute Gasteiger partial charge is 0.181 e. The number of rotatable bonds is 9. The van der Waals surface area contributed by atoms with E-state index in [1.54, 1.807) is 18.3 Å². The number of aryl methyl sites for hydroxylation is 1. The van der Waals surface area contributed by atoms with Crippen LogP contribution in [-0.4, -0.2) is 79.0 Å². The van der Waals surface area contributed by atoms with E-state index >= 15 is 4.39 Å². The fourth-order valence-electron chi connectivity index (χ4n) is 5.68. The first-order valence-electron chi connectivity index (χ1n) is 14.2. The summed E-state index contributed by atoms with van der Waals surface area (Å²) >= 11 is 0. The Morgan fingerprint density at radius 2 is 1.78 bits per heavy atom. The number of halogens is 1. The number of Topliss-reactive ketones (excluding diaryl/α,β-unsaturated/α-hetero) is 1. The van der Waals surface area contributed by atoms with Crippen molar-refractivity contribution in [2.24, 2.45) is 0 Å². The number of aromatic nitrogens is 2. The average molecular weight is 577 g/mol. The third-order valence-electron chi connectivity index (χ3n) is 8.37. The van der Waals surface area contributed by atoms with Crippen LogP contribution in [0.15, 0.2) is 53.6 Å². The first-order valence-corrected chi connectivity index (χ1v) is 15.8. The predicted molar refractivity (Wildman–Crippen MR) is 158 cm³/mol. The second kappa shape index (κ2) is 11.9. The molecule has 1 saturated heterocycles. The lowest BCUT2D eigenvalue weighted by molar-refractivity contribution is -0.123. The average Bonchev–Trinajstić information content (AvgIpc) is 3.40. The Morgan fingerprint density at radius 1 is 1.07 bits per heavy atom. The zero-order chi connectivity index (χ0) is 29.3. The molecule has 9 heteroatoms. The zero-order valence-electron chi connectivity index (χ0n) is 24.2. The van der Waals surface area contributed by atoms with Crippen molar-refractivity contribution in [3.8, 4) is 0 Å². The minimum Gasteiger partial charge on any atom is -0.304 e. The van der Waals surface area contributed by atoms with Crippen molar-refractivity contribution in [3.63, 3.8) is 0 Å². The van der Waals surface area contributed by atoms with Crippen LogP contribution in [0.5, 0.6) is 0 Å². The van der Waals surface area contributed by atoms with Crippen molar-refractivity contribution in [1.82, 2.24) is 19.8 Å². The minimum atomic E-state index is -3.69. The lowest BCUT2D eigenvalue weighted by Crippen LogP contribution is -2.50. The fourth-order valence-corrected chi connectivity index (χ4v) is 6.68. The predicted octanol–water partition coefficient (Wildman–Crippen LogP) is 4.04. The van der Waals surface area contributed by atoms with Crippen molar-refractivity contribution in [2.45, 2.75) is 51.0 Å². The third kappa shape index (κ3) is 6.03. The van der Waals surface area contributed by atoms with E-state index in [0.717, 1.165) is 59.7 Å². The molecule has 0 bridgehead atoms. The summed E-state index contributed by atoms with van der Waals surface area (Å²) < 4.78 is 39.9. The Kier molecular flexibility index (Phi) is 8.50. The van der Waals surface area contributed by atoms with E-state index in [2.05, 4.69) is 34.0 Å². The van der Waals surface area contributed by atoms with E-state index in [9.17, 15) is 13.2 Å². The topological polar surface area (TPSA) is 83.5 Å². The second-order valence-corrected chi connectivity index (χ2v) is 13.3. The number of piperazine rings is 1. The summed E-state index contributed by atoms with van der Waals surface area (Å²) in [5, 5.41) is 0. The van der Waals surface area contributed by atoms with Crippen molar-refractivity contribution >= 4 is 21.2 Å². The summed E-state index contributed by atoms with van der Waals surface area (Å²) in [5.74, 6) is -0.275. The molecular weight excluding hydrogens is 539 g/mol. The van der Waals surface area contributed by atoms with Crippen LogP contribution in [0.2, 0.25) is 0 Å². The molecule has 0 radical (unpaired) electrons. The normalized spacial score (nSPS) is 16.9. The van der Waals surface area contributed by atoms with E-state index in [0.29, 0.717) is 18.7 Å². The van der Waals surface area contributed by atoms with E-state index in [1.165, 1.54) is 13.0 Å². The minimum absolute atomic E-state index is 0.0745. The van der Waals surface area contributed by atoms with Crippen molar-refractivity contribution in [2.75, 3.05) is 39.0 Å². The molecule has 5 rings (SSSR count). The van der Waals surface area contributed by atoms with Gasteiger partial charge in [-0.05, 0) is 61.2 Å². The van der Waals surface area contributed by atoms with E-state index in [1.807, 2.05) is 26.0 Å². The van der Waals surface area contributed by atoms with Gasteiger partial charge < -0.3 is 4.90 Å². The summed E-state index contributed by atoms with van der Waals surface area (Å²) in [4.78, 5) is 26.8. The summed E-state index contributed by atoms with van der Waals surface area (Å²) in [6, 6.07) is 10.4. The molecule has 0 spiro atoms. The number of nitrogens with zero attached hydrogens (tertiary/aromatic N) is 4. The van der Waals surface area contributed by atoms with Crippen LogP contribution >= 0.6 is 0 Å². The highest BCUT2D eigenvalue weighted by atomic mass is 32.2. The van der Waals surface area contributed by atoms with Gasteiger partial charge in [0.1, 0.15) is 16.5 Å². The van der Waals surface area contributed by atoms with Gasteiger partial charge in [-0.2, -0.15) is 0 Å². The molecule has 7 nitrogen and oxygen atoms in total. The third-order valence-corrected chi connectivity index (χ3v) is 10.1. The summed E-state index contributed by atoms with van der Waals surface area (Å²) in [6.45, 7) is 9.21. The van der Waals surface area contributed by atoms with Crippen LogP contribution in [0.4, 0.5) is 4.39 Å². The number of hydrogen-bond donors (Lipinski definition) is 0. The molecule has 0 unspecified atom stereocenters. The molecule has 1 atom stereocenters. The molecule has 41 heavy (non-hydrogen) atoms. The maximum atomic E-state index is 15.2. The Hall–Kier alpha value is -3.27. The number of allylic oxidation sites excluding steroid dienone is 1. The van der Waals surface area contributed by atoms with Crippen LogP contribution in [0.1, 0.15) is 53.2 Å². The van der Waals surface area contributed by atoms with Gasteiger partial charge in [0.15, 0.2) is 15.6 Å². The van der Waals surface area contributed by atoms with Gasteiger partial charge in [0.25, 0.3) is 0 Å². The number of hydrogen-bond acceptors (Lipinski definition) is 7. The molecule has 1 aliphatic heterocycles. The Morgan fingerprint density at radius 3 is 2.51 bits per heavy atom. The van der Waals surface area contributed by atoms with Crippen molar-refractivity contribution in [1.29, 1.82) is 0 Å². The van der Waals surface area contributed by atoms with Gasteiger partial charge in [0.05, 0.1) is 17.5 Å². The number of carbonyl (C=O) groups excluding carboxylic acids is 1. The van der Waals surface area contributed by atoms with E-state index in [4.69, 9.17) is 4.98 Å². The second-order valence-electron chi connectivity index (χ2n) is 11.1. The van der Waals surface area contributed by atoms with Crippen LogP contribution in [0.25, 0.3) is 5.57 Å². The Bertz CT molecular complexity index is 1610. The lowest BCUT2D eigenvalue weighted by atomic mass is 9.93. The number of fused-ring (bicyclic) bond motifs is 1. The molecule has 3 aromatic rings. The molecule has 1 fully saturated rings. The van der Waals surface area contributed by atoms with Crippen LogP contribution in [-0.2, 0) is 33.9 Å². The molecule has 0 saturated carbocycles. The largest absolute Gasteiger partial charge is 0.304 e. The van der Waals surface area contributed by atoms with Gasteiger partial charge >= 0.3 is 0 Å². The first-order chi connectivity index (χ1) is 19.6. The van der Waals surface area contributed by atoms with Gasteiger partial charge in [-0.3, -0.25) is 9.69 Å².